The number of carboxylic acid groups (broad SMARTS) is 1. The van der Waals surface area contributed by atoms with Crippen molar-refractivity contribution < 1.29 is 14.7 Å². The van der Waals surface area contributed by atoms with Crippen LogP contribution in [0.5, 0.6) is 0 Å². The molecule has 0 radical (unpaired) electrons. The zero-order valence-electron chi connectivity index (χ0n) is 19.3. The largest absolute Gasteiger partial charge is 0.480 e. The number of carbonyl (C=O) groups excluding carboxylic acids is 1. The molecule has 0 aromatic carbocycles. The molecule has 0 heterocycles. The number of aliphatic imine (C=N–C) groups is 1. The van der Waals surface area contributed by atoms with E-state index < -0.39 is 12.0 Å². The third-order valence-electron chi connectivity index (χ3n) is 4.28. The lowest BCUT2D eigenvalue weighted by Gasteiger charge is -2.13. The number of aliphatic carboxylic acids is 1. The van der Waals surface area contributed by atoms with Gasteiger partial charge in [-0.05, 0) is 51.4 Å². The summed E-state index contributed by atoms with van der Waals surface area (Å²) < 4.78 is 0. The smallest absolute Gasteiger partial charge is 0.326 e. The molecule has 0 unspecified atom stereocenters. The lowest BCUT2D eigenvalue weighted by Crippen LogP contribution is -2.41. The van der Waals surface area contributed by atoms with Crippen LogP contribution >= 0.6 is 0 Å². The van der Waals surface area contributed by atoms with Gasteiger partial charge < -0.3 is 21.9 Å². The Bertz CT molecular complexity index is 687. The standard InChI is InChI=1S/C25H40N4O3/c1-2-3-4-5-6-7-8-9-10-11-12-13-14-15-16-17-18-19-23(30)29-22(24(31)32)20-21-28-25(26)27/h3-4,6-7,9-10,12-13,15-16,22H,2,5,8,11,14,17-21H2,1H3,(H,29,30)(H,31,32)(H4,26,27,28)/b4-3-,7-6-,10-9-,13-12-,16-15-/t22-/m0/s1. The first-order valence-electron chi connectivity index (χ1n) is 11.3. The maximum Gasteiger partial charge on any atom is 0.326 e. The van der Waals surface area contributed by atoms with Crippen LogP contribution in [0.2, 0.25) is 0 Å². The Labute approximate surface area is 192 Å². The van der Waals surface area contributed by atoms with Gasteiger partial charge in [0.05, 0.1) is 0 Å². The molecule has 0 rings (SSSR count). The molecule has 0 spiro atoms. The van der Waals surface area contributed by atoms with Crippen molar-refractivity contribution in [2.24, 2.45) is 16.5 Å². The predicted molar refractivity (Wildman–Crippen MR) is 133 cm³/mol. The first kappa shape index (κ1) is 28.9. The Hall–Kier alpha value is -3.09. The van der Waals surface area contributed by atoms with Gasteiger partial charge in [-0.15, -0.1) is 0 Å². The van der Waals surface area contributed by atoms with Crippen LogP contribution in [-0.2, 0) is 9.59 Å². The summed E-state index contributed by atoms with van der Waals surface area (Å²) in [5.74, 6) is -1.48. The van der Waals surface area contributed by atoms with E-state index in [1.165, 1.54) is 0 Å². The van der Waals surface area contributed by atoms with Gasteiger partial charge in [-0.2, -0.15) is 0 Å². The van der Waals surface area contributed by atoms with Crippen molar-refractivity contribution in [3.05, 3.63) is 60.8 Å². The summed E-state index contributed by atoms with van der Waals surface area (Å²) >= 11 is 0. The molecule has 0 aliphatic carbocycles. The van der Waals surface area contributed by atoms with Crippen LogP contribution < -0.4 is 16.8 Å². The number of guanidine groups is 1. The predicted octanol–water partition coefficient (Wildman–Crippen LogP) is 4.14. The number of unbranched alkanes of at least 4 members (excludes halogenated alkanes) is 1. The molecule has 0 saturated carbocycles. The molecule has 1 atom stereocenters. The summed E-state index contributed by atoms with van der Waals surface area (Å²) in [6, 6.07) is -0.987. The maximum absolute atomic E-state index is 11.9. The Kier molecular flexibility index (Phi) is 19.1. The van der Waals surface area contributed by atoms with E-state index in [-0.39, 0.29) is 31.3 Å². The maximum atomic E-state index is 11.9. The van der Waals surface area contributed by atoms with Crippen molar-refractivity contribution in [1.82, 2.24) is 5.32 Å². The number of hydrogen-bond acceptors (Lipinski definition) is 3. The summed E-state index contributed by atoms with van der Waals surface area (Å²) in [5.41, 5.74) is 10.4. The Balaban J connectivity index is 3.84. The van der Waals surface area contributed by atoms with Gasteiger partial charge in [0.15, 0.2) is 5.96 Å². The molecule has 6 N–H and O–H groups in total. The number of nitrogens with two attached hydrogens (primary N) is 2. The normalized spacial score (nSPS) is 13.0. The topological polar surface area (TPSA) is 131 Å². The van der Waals surface area contributed by atoms with E-state index in [4.69, 9.17) is 16.6 Å². The summed E-state index contributed by atoms with van der Waals surface area (Å²) in [6.45, 7) is 2.29. The molecule has 1 amide bonds. The first-order chi connectivity index (χ1) is 15.5. The zero-order chi connectivity index (χ0) is 23.9. The molecule has 0 aliphatic rings. The van der Waals surface area contributed by atoms with Crippen LogP contribution in [0.15, 0.2) is 65.8 Å². The third kappa shape index (κ3) is 20.2. The highest BCUT2D eigenvalue weighted by molar-refractivity contribution is 5.83. The number of nitrogens with one attached hydrogen (secondary N) is 1. The van der Waals surface area contributed by atoms with E-state index in [1.807, 2.05) is 6.08 Å². The van der Waals surface area contributed by atoms with E-state index in [9.17, 15) is 9.59 Å². The van der Waals surface area contributed by atoms with E-state index in [1.54, 1.807) is 0 Å². The number of nitrogens with zero attached hydrogens (tertiary/aromatic N) is 1. The van der Waals surface area contributed by atoms with E-state index >= 15 is 0 Å². The number of carboxylic acids is 1. The van der Waals surface area contributed by atoms with Crippen molar-refractivity contribution in [2.75, 3.05) is 6.54 Å². The lowest BCUT2D eigenvalue weighted by molar-refractivity contribution is -0.141. The lowest BCUT2D eigenvalue weighted by atomic mass is 10.1. The van der Waals surface area contributed by atoms with Crippen molar-refractivity contribution in [3.8, 4) is 0 Å². The molecular weight excluding hydrogens is 404 g/mol. The highest BCUT2D eigenvalue weighted by Gasteiger charge is 2.18. The summed E-state index contributed by atoms with van der Waals surface area (Å²) in [5, 5.41) is 11.7. The van der Waals surface area contributed by atoms with Gasteiger partial charge in [0.25, 0.3) is 0 Å². The molecule has 0 aromatic heterocycles. The number of rotatable bonds is 18. The molecule has 7 nitrogen and oxygen atoms in total. The molecule has 178 valence electrons. The number of hydrogen-bond donors (Lipinski definition) is 4. The molecule has 32 heavy (non-hydrogen) atoms. The van der Waals surface area contributed by atoms with Gasteiger partial charge in [0.1, 0.15) is 6.04 Å². The molecule has 0 aliphatic heterocycles. The number of amides is 1. The van der Waals surface area contributed by atoms with Gasteiger partial charge in [-0.25, -0.2) is 4.79 Å². The SMILES string of the molecule is CC/C=C\C/C=C\C/C=C\C/C=C\C/C=C\CCCC(=O)N[C@@H](CCN=C(N)N)C(=O)O. The van der Waals surface area contributed by atoms with Crippen LogP contribution in [0.1, 0.15) is 64.7 Å². The summed E-state index contributed by atoms with van der Waals surface area (Å²) in [7, 11) is 0. The van der Waals surface area contributed by atoms with Crippen LogP contribution in [0.25, 0.3) is 0 Å². The minimum Gasteiger partial charge on any atom is -0.480 e. The van der Waals surface area contributed by atoms with Crippen LogP contribution in [0.3, 0.4) is 0 Å². The fraction of sp³-hybridized carbons (Fsp3) is 0.480. The molecule has 7 heteroatoms. The van der Waals surface area contributed by atoms with Crippen molar-refractivity contribution in [2.45, 2.75) is 70.8 Å². The summed E-state index contributed by atoms with van der Waals surface area (Å²) in [4.78, 5) is 26.8. The monoisotopic (exact) mass is 444 g/mol. The highest BCUT2D eigenvalue weighted by atomic mass is 16.4. The third-order valence-corrected chi connectivity index (χ3v) is 4.28. The molecular formula is C25H40N4O3. The number of carbonyl (C=O) groups is 2. The first-order valence-corrected chi connectivity index (χ1v) is 11.3. The summed E-state index contributed by atoms with van der Waals surface area (Å²) in [6.07, 6.45) is 28.1. The Morgan fingerprint density at radius 2 is 1.38 bits per heavy atom. The van der Waals surface area contributed by atoms with Gasteiger partial charge in [0.2, 0.25) is 5.91 Å². The molecule has 0 aromatic rings. The minimum absolute atomic E-state index is 0.0995. The van der Waals surface area contributed by atoms with E-state index in [2.05, 4.69) is 71.9 Å². The second kappa shape index (κ2) is 21.2. The number of allylic oxidation sites excluding steroid dienone is 10. The zero-order valence-corrected chi connectivity index (χ0v) is 19.3. The van der Waals surface area contributed by atoms with Gasteiger partial charge in [-0.3, -0.25) is 9.79 Å². The fourth-order valence-corrected chi connectivity index (χ4v) is 2.60. The van der Waals surface area contributed by atoms with Crippen LogP contribution in [-0.4, -0.2) is 35.5 Å². The van der Waals surface area contributed by atoms with Crippen molar-refractivity contribution in [1.29, 1.82) is 0 Å². The quantitative estimate of drug-likeness (QED) is 0.109. The second-order valence-corrected chi connectivity index (χ2v) is 7.15. The van der Waals surface area contributed by atoms with Gasteiger partial charge >= 0.3 is 5.97 Å². The van der Waals surface area contributed by atoms with E-state index in [0.717, 1.165) is 38.5 Å². The van der Waals surface area contributed by atoms with Gasteiger partial charge in [-0.1, -0.05) is 67.7 Å². The van der Waals surface area contributed by atoms with Crippen LogP contribution in [0, 0.1) is 0 Å². The average Bonchev–Trinajstić information content (AvgIpc) is 2.74. The second-order valence-electron chi connectivity index (χ2n) is 7.15. The van der Waals surface area contributed by atoms with Crippen molar-refractivity contribution in [3.63, 3.8) is 0 Å². The Morgan fingerprint density at radius 3 is 1.84 bits per heavy atom. The fourth-order valence-electron chi connectivity index (χ4n) is 2.60. The Morgan fingerprint density at radius 1 is 0.875 bits per heavy atom. The van der Waals surface area contributed by atoms with E-state index in [0.29, 0.717) is 6.42 Å². The molecule has 0 fully saturated rings. The minimum atomic E-state index is -1.10. The highest BCUT2D eigenvalue weighted by Crippen LogP contribution is 2.01. The average molecular weight is 445 g/mol. The van der Waals surface area contributed by atoms with Gasteiger partial charge in [0, 0.05) is 13.0 Å². The molecule has 0 saturated heterocycles. The van der Waals surface area contributed by atoms with Crippen molar-refractivity contribution >= 4 is 17.8 Å². The van der Waals surface area contributed by atoms with Crippen LogP contribution in [0.4, 0.5) is 0 Å². The molecule has 0 bridgehead atoms.